The fraction of sp³-hybridized carbons (Fsp3) is 0.500. The molecule has 2 heterocycles. The van der Waals surface area contributed by atoms with E-state index >= 15 is 0 Å². The number of nitrogens with zero attached hydrogens (tertiary/aromatic N) is 3. The molecule has 0 amide bonds. The first-order valence-corrected chi connectivity index (χ1v) is 10.6. The molecule has 1 aliphatic heterocycles. The molecule has 1 aliphatic carbocycles. The fourth-order valence-electron chi connectivity index (χ4n) is 3.53. The summed E-state index contributed by atoms with van der Waals surface area (Å²) in [5.74, 6) is 0.900. The zero-order valence-corrected chi connectivity index (χ0v) is 15.8. The van der Waals surface area contributed by atoms with Crippen LogP contribution in [0.5, 0.6) is 0 Å². The third-order valence-electron chi connectivity index (χ3n) is 5.22. The first-order chi connectivity index (χ1) is 11.9. The van der Waals surface area contributed by atoms with Crippen molar-refractivity contribution in [2.45, 2.75) is 37.0 Å². The van der Waals surface area contributed by atoms with E-state index in [9.17, 15) is 8.42 Å². The summed E-state index contributed by atoms with van der Waals surface area (Å²) in [4.78, 5) is 6.94. The molecular formula is C18H22ClN3O2S. The minimum Gasteiger partial charge on any atom is -0.355 e. The molecule has 1 aromatic carbocycles. The third-order valence-corrected chi connectivity index (χ3v) is 7.87. The van der Waals surface area contributed by atoms with Crippen LogP contribution in [-0.2, 0) is 10.0 Å². The van der Waals surface area contributed by atoms with Gasteiger partial charge in [0.1, 0.15) is 5.82 Å². The SMILES string of the molecule is CN(C1CCCN(c2ccc3cc(Cl)ccc3n2)C1)S(=O)(=O)C1CC1. The Kier molecular flexibility index (Phi) is 4.38. The van der Waals surface area contributed by atoms with Gasteiger partial charge in [0.25, 0.3) is 0 Å². The lowest BCUT2D eigenvalue weighted by molar-refractivity contribution is 0.319. The smallest absolute Gasteiger partial charge is 0.217 e. The Labute approximate surface area is 153 Å². The Morgan fingerprint density at radius 3 is 2.76 bits per heavy atom. The quantitative estimate of drug-likeness (QED) is 0.818. The number of rotatable bonds is 4. The summed E-state index contributed by atoms with van der Waals surface area (Å²) in [6.45, 7) is 1.59. The second kappa shape index (κ2) is 6.41. The molecule has 5 nitrogen and oxygen atoms in total. The van der Waals surface area contributed by atoms with Crippen molar-refractivity contribution < 1.29 is 8.42 Å². The molecule has 1 saturated heterocycles. The molecule has 25 heavy (non-hydrogen) atoms. The van der Waals surface area contributed by atoms with Crippen molar-refractivity contribution in [1.82, 2.24) is 9.29 Å². The number of fused-ring (bicyclic) bond motifs is 1. The first kappa shape index (κ1) is 17.1. The van der Waals surface area contributed by atoms with E-state index in [0.29, 0.717) is 11.6 Å². The summed E-state index contributed by atoms with van der Waals surface area (Å²) >= 11 is 6.03. The predicted molar refractivity (Wildman–Crippen MR) is 102 cm³/mol. The number of hydrogen-bond acceptors (Lipinski definition) is 4. The van der Waals surface area contributed by atoms with Gasteiger partial charge in [-0.05, 0) is 56.0 Å². The zero-order chi connectivity index (χ0) is 17.6. The number of sulfonamides is 1. The molecule has 0 radical (unpaired) electrons. The van der Waals surface area contributed by atoms with Gasteiger partial charge in [-0.25, -0.2) is 13.4 Å². The standard InChI is InChI=1S/C18H22ClN3O2S/c1-21(25(23,24)16-6-7-16)15-3-2-10-22(12-15)18-9-4-13-11-14(19)5-8-17(13)20-18/h4-5,8-9,11,15-16H,2-3,6-7,10,12H2,1H3. The van der Waals surface area contributed by atoms with Crippen molar-refractivity contribution in [3.05, 3.63) is 35.4 Å². The zero-order valence-electron chi connectivity index (χ0n) is 14.2. The number of halogens is 1. The monoisotopic (exact) mass is 379 g/mol. The predicted octanol–water partition coefficient (Wildman–Crippen LogP) is 3.28. The second-order valence-corrected chi connectivity index (χ2v) is 9.72. The average molecular weight is 380 g/mol. The van der Waals surface area contributed by atoms with Crippen molar-refractivity contribution in [2.24, 2.45) is 0 Å². The van der Waals surface area contributed by atoms with E-state index in [0.717, 1.165) is 48.9 Å². The number of benzene rings is 1. The molecule has 4 rings (SSSR count). The van der Waals surface area contributed by atoms with Gasteiger partial charge in [0.05, 0.1) is 10.8 Å². The minimum absolute atomic E-state index is 0.0158. The number of likely N-dealkylation sites (N-methyl/N-ethyl adjacent to an activating group) is 1. The highest BCUT2D eigenvalue weighted by Gasteiger charge is 2.41. The van der Waals surface area contributed by atoms with Crippen molar-refractivity contribution in [1.29, 1.82) is 0 Å². The van der Waals surface area contributed by atoms with E-state index in [1.54, 1.807) is 11.4 Å². The topological polar surface area (TPSA) is 53.5 Å². The van der Waals surface area contributed by atoms with Crippen molar-refractivity contribution in [3.8, 4) is 0 Å². The van der Waals surface area contributed by atoms with Gasteiger partial charge in [-0.2, -0.15) is 4.31 Å². The van der Waals surface area contributed by atoms with Crippen LogP contribution in [0.2, 0.25) is 5.02 Å². The van der Waals surface area contributed by atoms with Crippen LogP contribution in [0.15, 0.2) is 30.3 Å². The van der Waals surface area contributed by atoms with Gasteiger partial charge in [-0.3, -0.25) is 0 Å². The Morgan fingerprint density at radius 2 is 2.00 bits per heavy atom. The molecule has 1 aromatic heterocycles. The van der Waals surface area contributed by atoms with E-state index in [-0.39, 0.29) is 11.3 Å². The van der Waals surface area contributed by atoms with Crippen LogP contribution in [-0.4, -0.2) is 49.1 Å². The lowest BCUT2D eigenvalue weighted by Crippen LogP contribution is -2.49. The number of aromatic nitrogens is 1. The third kappa shape index (κ3) is 3.35. The largest absolute Gasteiger partial charge is 0.355 e. The van der Waals surface area contributed by atoms with Gasteiger partial charge >= 0.3 is 0 Å². The van der Waals surface area contributed by atoms with Crippen LogP contribution in [0, 0.1) is 0 Å². The molecule has 1 atom stereocenters. The highest BCUT2D eigenvalue weighted by atomic mass is 35.5. The molecular weight excluding hydrogens is 358 g/mol. The maximum atomic E-state index is 12.5. The van der Waals surface area contributed by atoms with Crippen LogP contribution in [0.3, 0.4) is 0 Å². The summed E-state index contributed by atoms with van der Waals surface area (Å²) in [6, 6.07) is 9.71. The summed E-state index contributed by atoms with van der Waals surface area (Å²) in [5.41, 5.74) is 0.906. The number of hydrogen-bond donors (Lipinski definition) is 0. The van der Waals surface area contributed by atoms with Gasteiger partial charge in [-0.15, -0.1) is 0 Å². The van der Waals surface area contributed by atoms with E-state index < -0.39 is 10.0 Å². The molecule has 7 heteroatoms. The highest BCUT2D eigenvalue weighted by molar-refractivity contribution is 7.90. The molecule has 0 spiro atoms. The Bertz CT molecular complexity index is 898. The minimum atomic E-state index is -3.14. The van der Waals surface area contributed by atoms with Gasteiger partial charge in [0, 0.05) is 36.6 Å². The number of anilines is 1. The van der Waals surface area contributed by atoms with Crippen LogP contribution in [0.1, 0.15) is 25.7 Å². The molecule has 1 saturated carbocycles. The van der Waals surface area contributed by atoms with Crippen LogP contribution >= 0.6 is 11.6 Å². The van der Waals surface area contributed by atoms with Gasteiger partial charge in [0.2, 0.25) is 10.0 Å². The van der Waals surface area contributed by atoms with Crippen LogP contribution < -0.4 is 4.90 Å². The molecule has 0 N–H and O–H groups in total. The Hall–Kier alpha value is -1.37. The van der Waals surface area contributed by atoms with E-state index in [4.69, 9.17) is 16.6 Å². The van der Waals surface area contributed by atoms with E-state index in [2.05, 4.69) is 4.90 Å². The summed E-state index contributed by atoms with van der Waals surface area (Å²) in [6.07, 6.45) is 3.48. The van der Waals surface area contributed by atoms with Crippen molar-refractivity contribution in [3.63, 3.8) is 0 Å². The molecule has 134 valence electrons. The summed E-state index contributed by atoms with van der Waals surface area (Å²) in [5, 5.41) is 1.56. The Balaban J connectivity index is 1.55. The molecule has 2 fully saturated rings. The number of piperidine rings is 1. The molecule has 2 aliphatic rings. The van der Waals surface area contributed by atoms with Crippen molar-refractivity contribution >= 4 is 38.3 Å². The lowest BCUT2D eigenvalue weighted by atomic mass is 10.1. The number of pyridine rings is 1. The first-order valence-electron chi connectivity index (χ1n) is 8.73. The lowest BCUT2D eigenvalue weighted by Gasteiger charge is -2.37. The van der Waals surface area contributed by atoms with Crippen LogP contribution in [0.25, 0.3) is 10.9 Å². The maximum Gasteiger partial charge on any atom is 0.217 e. The van der Waals surface area contributed by atoms with Crippen molar-refractivity contribution in [2.75, 3.05) is 25.0 Å². The molecule has 2 aromatic rings. The fourth-order valence-corrected chi connectivity index (χ4v) is 5.50. The highest BCUT2D eigenvalue weighted by Crippen LogP contribution is 2.33. The Morgan fingerprint density at radius 1 is 1.20 bits per heavy atom. The van der Waals surface area contributed by atoms with E-state index in [1.165, 1.54) is 0 Å². The summed E-state index contributed by atoms with van der Waals surface area (Å²) < 4.78 is 26.7. The molecule has 1 unspecified atom stereocenters. The maximum absolute atomic E-state index is 12.5. The average Bonchev–Trinajstić information content (AvgIpc) is 3.46. The summed E-state index contributed by atoms with van der Waals surface area (Å²) in [7, 11) is -1.41. The van der Waals surface area contributed by atoms with Crippen LogP contribution in [0.4, 0.5) is 5.82 Å². The molecule has 0 bridgehead atoms. The van der Waals surface area contributed by atoms with Gasteiger partial charge < -0.3 is 4.90 Å². The normalized spacial score (nSPS) is 21.9. The van der Waals surface area contributed by atoms with E-state index in [1.807, 2.05) is 30.3 Å². The van der Waals surface area contributed by atoms with Gasteiger partial charge in [0.15, 0.2) is 0 Å². The second-order valence-electron chi connectivity index (χ2n) is 7.01. The van der Waals surface area contributed by atoms with Gasteiger partial charge in [-0.1, -0.05) is 11.6 Å².